The van der Waals surface area contributed by atoms with Crippen LogP contribution in [0, 0.1) is 0 Å². The Morgan fingerprint density at radius 1 is 1.33 bits per heavy atom. The molecule has 0 heterocycles. The van der Waals surface area contributed by atoms with Crippen LogP contribution in [-0.4, -0.2) is 13.4 Å². The molecule has 0 aromatic rings. The maximum absolute atomic E-state index is 10.0. The fourth-order valence-electron chi connectivity index (χ4n) is 0.552. The van der Waals surface area contributed by atoms with Crippen LogP contribution in [0.3, 0.4) is 0 Å². The normalized spacial score (nSPS) is 12.2. The smallest absolute Gasteiger partial charge is 0.146 e. The second kappa shape index (κ2) is 7.54. The number of carbonyl (C=O) groups is 1. The Bertz CT molecular complexity index is 222. The van der Waals surface area contributed by atoms with Crippen molar-refractivity contribution in [3.8, 4) is 0 Å². The summed E-state index contributed by atoms with van der Waals surface area (Å²) in [4.78, 5) is 10.0. The molecule has 0 saturated heterocycles. The molecule has 0 aliphatic heterocycles. The molecule has 0 spiro atoms. The molecule has 0 radical (unpaired) electrons. The average molecular weight is 164 g/mol. The summed E-state index contributed by atoms with van der Waals surface area (Å²) in [6, 6.07) is 0. The maximum Gasteiger partial charge on any atom is 0.146 e. The first-order chi connectivity index (χ1) is 5.85. The van der Waals surface area contributed by atoms with Crippen molar-refractivity contribution in [2.24, 2.45) is 0 Å². The standard InChI is InChI=1S/C10H12O2/c1-3-4-5-6-7-10(12-2)8-9-11/h3-9H,1H2,2H3/b5-4+,7-6-,10-8+. The molecule has 0 atom stereocenters. The van der Waals surface area contributed by atoms with Gasteiger partial charge in [-0.15, -0.1) is 0 Å². The molecule has 0 aliphatic carbocycles. The molecule has 2 heteroatoms. The molecular weight excluding hydrogens is 152 g/mol. The van der Waals surface area contributed by atoms with Crippen LogP contribution in [-0.2, 0) is 9.53 Å². The average Bonchev–Trinajstić information content (AvgIpc) is 2.10. The Labute approximate surface area is 72.5 Å². The highest BCUT2D eigenvalue weighted by atomic mass is 16.5. The van der Waals surface area contributed by atoms with Crippen LogP contribution >= 0.6 is 0 Å². The number of ether oxygens (including phenoxy) is 1. The Morgan fingerprint density at radius 2 is 2.08 bits per heavy atom. The summed E-state index contributed by atoms with van der Waals surface area (Å²) in [5.41, 5.74) is 0. The van der Waals surface area contributed by atoms with Crippen LogP contribution in [0.15, 0.2) is 48.8 Å². The summed E-state index contributed by atoms with van der Waals surface area (Å²) in [6.45, 7) is 3.51. The number of hydrogen-bond acceptors (Lipinski definition) is 2. The lowest BCUT2D eigenvalue weighted by Crippen LogP contribution is -1.81. The monoisotopic (exact) mass is 164 g/mol. The summed E-state index contributed by atoms with van der Waals surface area (Å²) in [5, 5.41) is 0. The second-order valence-corrected chi connectivity index (χ2v) is 1.89. The lowest BCUT2D eigenvalue weighted by molar-refractivity contribution is -0.104. The Kier molecular flexibility index (Phi) is 6.55. The number of allylic oxidation sites excluding steroid dienone is 6. The first kappa shape index (κ1) is 10.4. The van der Waals surface area contributed by atoms with Gasteiger partial charge < -0.3 is 4.74 Å². The van der Waals surface area contributed by atoms with Crippen LogP contribution in [0.4, 0.5) is 0 Å². The SMILES string of the molecule is C=C/C=C/C=C\C(=C/C=O)OC. The van der Waals surface area contributed by atoms with E-state index in [4.69, 9.17) is 4.74 Å². The van der Waals surface area contributed by atoms with Gasteiger partial charge in [-0.25, -0.2) is 0 Å². The minimum absolute atomic E-state index is 0.527. The van der Waals surface area contributed by atoms with Crippen LogP contribution in [0.2, 0.25) is 0 Å². The molecule has 0 saturated carbocycles. The van der Waals surface area contributed by atoms with Crippen molar-refractivity contribution in [1.29, 1.82) is 0 Å². The quantitative estimate of drug-likeness (QED) is 0.269. The zero-order chi connectivity index (χ0) is 9.23. The van der Waals surface area contributed by atoms with Gasteiger partial charge in [0.15, 0.2) is 0 Å². The molecule has 0 aromatic heterocycles. The summed E-state index contributed by atoms with van der Waals surface area (Å²) >= 11 is 0. The molecule has 0 unspecified atom stereocenters. The number of methoxy groups -OCH3 is 1. The van der Waals surface area contributed by atoms with Crippen LogP contribution in [0.5, 0.6) is 0 Å². The highest BCUT2D eigenvalue weighted by Gasteiger charge is 1.84. The second-order valence-electron chi connectivity index (χ2n) is 1.89. The van der Waals surface area contributed by atoms with E-state index in [1.807, 2.05) is 0 Å². The molecule has 0 aliphatic rings. The van der Waals surface area contributed by atoms with Gasteiger partial charge in [-0.2, -0.15) is 0 Å². The minimum atomic E-state index is 0.527. The molecule has 0 aromatic carbocycles. The molecule has 0 amide bonds. The fourth-order valence-corrected chi connectivity index (χ4v) is 0.552. The molecular formula is C10H12O2. The molecule has 12 heavy (non-hydrogen) atoms. The Balaban J connectivity index is 4.10. The zero-order valence-electron chi connectivity index (χ0n) is 7.07. The van der Waals surface area contributed by atoms with Crippen molar-refractivity contribution in [3.63, 3.8) is 0 Å². The zero-order valence-corrected chi connectivity index (χ0v) is 7.07. The first-order valence-corrected chi connectivity index (χ1v) is 3.50. The minimum Gasteiger partial charge on any atom is -0.497 e. The summed E-state index contributed by atoms with van der Waals surface area (Å²) < 4.78 is 4.85. The van der Waals surface area contributed by atoms with Crippen molar-refractivity contribution < 1.29 is 9.53 Å². The van der Waals surface area contributed by atoms with Crippen LogP contribution in [0.1, 0.15) is 0 Å². The van der Waals surface area contributed by atoms with E-state index in [9.17, 15) is 4.79 Å². The van der Waals surface area contributed by atoms with E-state index >= 15 is 0 Å². The molecule has 64 valence electrons. The largest absolute Gasteiger partial charge is 0.497 e. The topological polar surface area (TPSA) is 26.3 Å². The van der Waals surface area contributed by atoms with Crippen molar-refractivity contribution >= 4 is 6.29 Å². The van der Waals surface area contributed by atoms with Crippen molar-refractivity contribution in [2.75, 3.05) is 7.11 Å². The van der Waals surface area contributed by atoms with Crippen LogP contribution < -0.4 is 0 Å². The molecule has 2 nitrogen and oxygen atoms in total. The van der Waals surface area contributed by atoms with Crippen molar-refractivity contribution in [3.05, 3.63) is 48.8 Å². The van der Waals surface area contributed by atoms with Gasteiger partial charge in [-0.05, 0) is 6.08 Å². The van der Waals surface area contributed by atoms with E-state index in [0.717, 1.165) is 0 Å². The van der Waals surface area contributed by atoms with Crippen molar-refractivity contribution in [1.82, 2.24) is 0 Å². The highest BCUT2D eigenvalue weighted by Crippen LogP contribution is 1.95. The molecule has 0 N–H and O–H groups in total. The van der Waals surface area contributed by atoms with Gasteiger partial charge >= 0.3 is 0 Å². The number of aldehydes is 1. The molecule has 0 rings (SSSR count). The fraction of sp³-hybridized carbons (Fsp3) is 0.100. The van der Waals surface area contributed by atoms with Gasteiger partial charge in [0.05, 0.1) is 7.11 Å². The third-order valence-electron chi connectivity index (χ3n) is 1.09. The van der Waals surface area contributed by atoms with Gasteiger partial charge in [0.25, 0.3) is 0 Å². The maximum atomic E-state index is 10.0. The number of rotatable bonds is 5. The summed E-state index contributed by atoms with van der Waals surface area (Å²) in [5.74, 6) is 0.527. The molecule has 0 fully saturated rings. The summed E-state index contributed by atoms with van der Waals surface area (Å²) in [6.07, 6.45) is 10.7. The van der Waals surface area contributed by atoms with Gasteiger partial charge in [-0.1, -0.05) is 30.9 Å². The van der Waals surface area contributed by atoms with E-state index in [1.54, 1.807) is 30.4 Å². The van der Waals surface area contributed by atoms with E-state index in [1.165, 1.54) is 13.2 Å². The third kappa shape index (κ3) is 5.23. The number of hydrogen-bond donors (Lipinski definition) is 0. The van der Waals surface area contributed by atoms with Gasteiger partial charge in [0.2, 0.25) is 0 Å². The predicted molar refractivity (Wildman–Crippen MR) is 49.6 cm³/mol. The highest BCUT2D eigenvalue weighted by molar-refractivity contribution is 5.66. The number of carbonyl (C=O) groups excluding carboxylic acids is 1. The summed E-state index contributed by atoms with van der Waals surface area (Å²) in [7, 11) is 1.51. The van der Waals surface area contributed by atoms with E-state index < -0.39 is 0 Å². The van der Waals surface area contributed by atoms with E-state index in [-0.39, 0.29) is 0 Å². The Hall–Kier alpha value is -1.57. The Morgan fingerprint density at radius 3 is 2.58 bits per heavy atom. The molecule has 0 bridgehead atoms. The van der Waals surface area contributed by atoms with Gasteiger partial charge in [0, 0.05) is 6.08 Å². The van der Waals surface area contributed by atoms with E-state index in [0.29, 0.717) is 12.0 Å². The lowest BCUT2D eigenvalue weighted by Gasteiger charge is -1.94. The third-order valence-corrected chi connectivity index (χ3v) is 1.09. The van der Waals surface area contributed by atoms with Gasteiger partial charge in [-0.3, -0.25) is 4.79 Å². The first-order valence-electron chi connectivity index (χ1n) is 3.50. The predicted octanol–water partition coefficient (Wildman–Crippen LogP) is 2.01. The van der Waals surface area contributed by atoms with Gasteiger partial charge in [0.1, 0.15) is 12.0 Å². The van der Waals surface area contributed by atoms with E-state index in [2.05, 4.69) is 6.58 Å². The van der Waals surface area contributed by atoms with Crippen LogP contribution in [0.25, 0.3) is 0 Å². The van der Waals surface area contributed by atoms with Crippen molar-refractivity contribution in [2.45, 2.75) is 0 Å². The lowest BCUT2D eigenvalue weighted by atomic mass is 10.3.